The number of hydrogen-bond donors (Lipinski definition) is 0. The van der Waals surface area contributed by atoms with E-state index < -0.39 is 0 Å². The monoisotopic (exact) mass is 412 g/mol. The maximum atomic E-state index is 6.51. The zero-order valence-electron chi connectivity index (χ0n) is 18.3. The van der Waals surface area contributed by atoms with Crippen LogP contribution in [0.1, 0.15) is 102 Å². The quantitative estimate of drug-likeness (QED) is 0.366. The van der Waals surface area contributed by atoms with Crippen molar-refractivity contribution in [2.24, 2.45) is 5.92 Å². The lowest BCUT2D eigenvalue weighted by atomic mass is 9.77. The minimum atomic E-state index is 0.635. The maximum absolute atomic E-state index is 6.51. The molecule has 3 heteroatoms. The summed E-state index contributed by atoms with van der Waals surface area (Å²) in [5, 5.41) is 0.840. The summed E-state index contributed by atoms with van der Waals surface area (Å²) < 4.78 is 0. The number of nitrogens with zero attached hydrogens (tertiary/aromatic N) is 2. The van der Waals surface area contributed by atoms with Gasteiger partial charge in [0.15, 0.2) is 5.82 Å². The van der Waals surface area contributed by atoms with E-state index in [2.05, 4.69) is 35.9 Å². The van der Waals surface area contributed by atoms with Crippen molar-refractivity contribution in [3.63, 3.8) is 0 Å². The summed E-state index contributed by atoms with van der Waals surface area (Å²) in [4.78, 5) is 9.36. The average Bonchev–Trinajstić information content (AvgIpc) is 2.76. The van der Waals surface area contributed by atoms with E-state index in [4.69, 9.17) is 11.6 Å². The zero-order chi connectivity index (χ0) is 20.5. The highest BCUT2D eigenvalue weighted by Gasteiger charge is 2.22. The molecule has 158 valence electrons. The molecule has 2 nitrogen and oxygen atoms in total. The van der Waals surface area contributed by atoms with Gasteiger partial charge in [0.05, 0.1) is 0 Å². The van der Waals surface area contributed by atoms with Crippen LogP contribution in [0.4, 0.5) is 0 Å². The van der Waals surface area contributed by atoms with E-state index in [1.165, 1.54) is 81.8 Å². The Balaban J connectivity index is 1.56. The van der Waals surface area contributed by atoms with Crippen molar-refractivity contribution in [2.45, 2.75) is 96.8 Å². The molecule has 0 atom stereocenters. The smallest absolute Gasteiger partial charge is 0.159 e. The predicted molar refractivity (Wildman–Crippen MR) is 125 cm³/mol. The summed E-state index contributed by atoms with van der Waals surface area (Å²) in [5.41, 5.74) is 3.56. The number of benzene rings is 1. The summed E-state index contributed by atoms with van der Waals surface area (Å²) in [5.74, 6) is 2.36. The Morgan fingerprint density at radius 1 is 0.897 bits per heavy atom. The molecule has 0 saturated heterocycles. The molecule has 1 fully saturated rings. The average molecular weight is 413 g/mol. The summed E-state index contributed by atoms with van der Waals surface area (Å²) in [6.07, 6.45) is 19.7. The third-order valence-corrected chi connectivity index (χ3v) is 6.92. The normalized spacial score (nSPS) is 19.4. The van der Waals surface area contributed by atoms with Crippen molar-refractivity contribution in [1.82, 2.24) is 9.97 Å². The molecular formula is C26H37ClN2. The lowest BCUT2D eigenvalue weighted by Crippen LogP contribution is -2.14. The molecule has 3 rings (SSSR count). The number of rotatable bonds is 10. The van der Waals surface area contributed by atoms with Gasteiger partial charge in [-0.25, -0.2) is 9.97 Å². The Kier molecular flexibility index (Phi) is 8.98. The molecule has 1 aromatic heterocycles. The van der Waals surface area contributed by atoms with Gasteiger partial charge in [-0.3, -0.25) is 0 Å². The van der Waals surface area contributed by atoms with Crippen molar-refractivity contribution in [1.29, 1.82) is 0 Å². The first-order valence-electron chi connectivity index (χ1n) is 11.8. The van der Waals surface area contributed by atoms with Crippen LogP contribution in [0.5, 0.6) is 0 Å². The molecule has 1 aliphatic rings. The topological polar surface area (TPSA) is 25.8 Å². The standard InChI is InChI=1S/C26H37ClN2/c1-3-5-7-9-20-11-13-21(14-12-20)24-18-28-26(29-19-24)23-16-15-22(25(27)17-23)10-8-6-4-2/h15-21H,3-14H2,1-2H3. The molecule has 0 aliphatic heterocycles. The van der Waals surface area contributed by atoms with E-state index in [0.29, 0.717) is 5.92 Å². The number of unbranched alkanes of at least 4 members (excludes halogenated alkanes) is 4. The SMILES string of the molecule is CCCCCc1ccc(-c2ncc(C3CCC(CCCCC)CC3)cn2)cc1Cl. The molecule has 1 aliphatic carbocycles. The van der Waals surface area contributed by atoms with Crippen LogP contribution in [0.3, 0.4) is 0 Å². The van der Waals surface area contributed by atoms with E-state index in [1.54, 1.807) is 0 Å². The highest BCUT2D eigenvalue weighted by atomic mass is 35.5. The first-order valence-corrected chi connectivity index (χ1v) is 12.2. The maximum Gasteiger partial charge on any atom is 0.159 e. The molecular weight excluding hydrogens is 376 g/mol. The summed E-state index contributed by atoms with van der Waals surface area (Å²) in [6.45, 7) is 4.52. The molecule has 2 aromatic rings. The van der Waals surface area contributed by atoms with Gasteiger partial charge in [0.25, 0.3) is 0 Å². The molecule has 0 radical (unpaired) electrons. The lowest BCUT2D eigenvalue weighted by molar-refractivity contribution is 0.302. The largest absolute Gasteiger partial charge is 0.236 e. The van der Waals surface area contributed by atoms with Gasteiger partial charge in [-0.1, -0.05) is 76.1 Å². The Bertz CT molecular complexity index is 733. The summed E-state index contributed by atoms with van der Waals surface area (Å²) in [7, 11) is 0. The van der Waals surface area contributed by atoms with Gasteiger partial charge < -0.3 is 0 Å². The Hall–Kier alpha value is -1.41. The summed E-state index contributed by atoms with van der Waals surface area (Å²) in [6, 6.07) is 6.29. The van der Waals surface area contributed by atoms with Gasteiger partial charge in [-0.15, -0.1) is 0 Å². The fourth-order valence-electron chi connectivity index (χ4n) is 4.62. The zero-order valence-corrected chi connectivity index (χ0v) is 19.1. The minimum absolute atomic E-state index is 0.635. The second kappa shape index (κ2) is 11.7. The third-order valence-electron chi connectivity index (χ3n) is 6.57. The number of aryl methyl sites for hydroxylation is 1. The van der Waals surface area contributed by atoms with Gasteiger partial charge in [-0.05, 0) is 67.6 Å². The van der Waals surface area contributed by atoms with E-state index in [-0.39, 0.29) is 0 Å². The minimum Gasteiger partial charge on any atom is -0.236 e. The van der Waals surface area contributed by atoms with Crippen LogP contribution in [0.15, 0.2) is 30.6 Å². The molecule has 0 unspecified atom stereocenters. The highest BCUT2D eigenvalue weighted by molar-refractivity contribution is 6.31. The summed E-state index contributed by atoms with van der Waals surface area (Å²) >= 11 is 6.51. The van der Waals surface area contributed by atoms with Crippen LogP contribution in [0.25, 0.3) is 11.4 Å². The van der Waals surface area contributed by atoms with Crippen molar-refractivity contribution < 1.29 is 0 Å². The van der Waals surface area contributed by atoms with Gasteiger partial charge in [-0.2, -0.15) is 0 Å². The Morgan fingerprint density at radius 2 is 1.59 bits per heavy atom. The van der Waals surface area contributed by atoms with Gasteiger partial charge in [0.2, 0.25) is 0 Å². The van der Waals surface area contributed by atoms with Crippen LogP contribution in [0.2, 0.25) is 5.02 Å². The molecule has 1 heterocycles. The Morgan fingerprint density at radius 3 is 2.24 bits per heavy atom. The van der Waals surface area contributed by atoms with Crippen LogP contribution >= 0.6 is 11.6 Å². The van der Waals surface area contributed by atoms with Gasteiger partial charge >= 0.3 is 0 Å². The third kappa shape index (κ3) is 6.54. The lowest BCUT2D eigenvalue weighted by Gasteiger charge is -2.28. The van der Waals surface area contributed by atoms with Crippen LogP contribution < -0.4 is 0 Å². The predicted octanol–water partition coefficient (Wildman–Crippen LogP) is 8.38. The van der Waals surface area contributed by atoms with E-state index in [1.807, 2.05) is 18.5 Å². The van der Waals surface area contributed by atoms with Crippen LogP contribution in [-0.4, -0.2) is 9.97 Å². The molecule has 1 saturated carbocycles. The van der Waals surface area contributed by atoms with E-state index >= 15 is 0 Å². The van der Waals surface area contributed by atoms with Crippen LogP contribution in [-0.2, 0) is 6.42 Å². The first-order chi connectivity index (χ1) is 14.2. The fraction of sp³-hybridized carbons (Fsp3) is 0.615. The second-order valence-electron chi connectivity index (χ2n) is 8.82. The number of aromatic nitrogens is 2. The Labute approximate surface area is 182 Å². The number of hydrogen-bond acceptors (Lipinski definition) is 2. The van der Waals surface area contributed by atoms with Crippen molar-refractivity contribution in [3.05, 3.63) is 46.7 Å². The first kappa shape index (κ1) is 22.3. The van der Waals surface area contributed by atoms with Gasteiger partial charge in [0.1, 0.15) is 0 Å². The van der Waals surface area contributed by atoms with Crippen molar-refractivity contribution >= 4 is 11.6 Å². The fourth-order valence-corrected chi connectivity index (χ4v) is 4.90. The highest BCUT2D eigenvalue weighted by Crippen LogP contribution is 2.37. The van der Waals surface area contributed by atoms with Crippen molar-refractivity contribution in [3.8, 4) is 11.4 Å². The number of halogens is 1. The second-order valence-corrected chi connectivity index (χ2v) is 9.22. The molecule has 0 N–H and O–H groups in total. The molecule has 1 aromatic carbocycles. The molecule has 0 spiro atoms. The molecule has 0 bridgehead atoms. The van der Waals surface area contributed by atoms with Gasteiger partial charge in [0, 0.05) is 23.0 Å². The van der Waals surface area contributed by atoms with E-state index in [9.17, 15) is 0 Å². The van der Waals surface area contributed by atoms with E-state index in [0.717, 1.165) is 28.7 Å². The molecule has 29 heavy (non-hydrogen) atoms. The van der Waals surface area contributed by atoms with Crippen molar-refractivity contribution in [2.75, 3.05) is 0 Å². The molecule has 0 amide bonds. The van der Waals surface area contributed by atoms with Crippen LogP contribution in [0, 0.1) is 5.92 Å².